The Bertz CT molecular complexity index is 592. The van der Waals surface area contributed by atoms with E-state index in [0.29, 0.717) is 23.7 Å². The zero-order chi connectivity index (χ0) is 15.2. The first-order chi connectivity index (χ1) is 10.2. The summed E-state index contributed by atoms with van der Waals surface area (Å²) in [5.74, 6) is 0.471. The van der Waals surface area contributed by atoms with Crippen LogP contribution in [0, 0.1) is 11.3 Å². The van der Waals surface area contributed by atoms with E-state index in [4.69, 9.17) is 16.3 Å². The smallest absolute Gasteiger partial charge is 0.101 e. The summed E-state index contributed by atoms with van der Waals surface area (Å²) in [6.45, 7) is 7.71. The highest BCUT2D eigenvalue weighted by Crippen LogP contribution is 2.34. The van der Waals surface area contributed by atoms with Gasteiger partial charge in [0, 0.05) is 24.3 Å². The summed E-state index contributed by atoms with van der Waals surface area (Å²) in [4.78, 5) is 6.27. The molecule has 1 fully saturated rings. The molecule has 0 spiro atoms. The van der Waals surface area contributed by atoms with E-state index in [2.05, 4.69) is 22.7 Å². The molecule has 110 valence electrons. The van der Waals surface area contributed by atoms with Crippen LogP contribution in [0.15, 0.2) is 23.2 Å². The summed E-state index contributed by atoms with van der Waals surface area (Å²) in [6, 6.07) is 5.91. The number of halogens is 1. The van der Waals surface area contributed by atoms with Gasteiger partial charge in [0.2, 0.25) is 0 Å². The Kier molecular flexibility index (Phi) is 5.38. The Morgan fingerprint density at radius 3 is 3.05 bits per heavy atom. The van der Waals surface area contributed by atoms with Crippen LogP contribution in [0.25, 0.3) is 6.08 Å². The number of allylic oxidation sites excluding steroid dienone is 1. The quantitative estimate of drug-likeness (QED) is 0.633. The van der Waals surface area contributed by atoms with Crippen molar-refractivity contribution >= 4 is 35.8 Å². The van der Waals surface area contributed by atoms with Crippen LogP contribution in [0.1, 0.15) is 18.1 Å². The Balaban J connectivity index is 2.48. The number of nitriles is 1. The average molecular weight is 304 g/mol. The minimum absolute atomic E-state index is 0.0228. The van der Waals surface area contributed by atoms with E-state index in [0.717, 1.165) is 24.3 Å². The number of anilines is 1. The van der Waals surface area contributed by atoms with Crippen LogP contribution in [0.3, 0.4) is 0 Å². The number of alkyl halides is 1. The number of morpholine rings is 1. The van der Waals surface area contributed by atoms with Gasteiger partial charge in [0.25, 0.3) is 0 Å². The lowest BCUT2D eigenvalue weighted by molar-refractivity contribution is 0.0554. The van der Waals surface area contributed by atoms with Crippen LogP contribution in [0.2, 0.25) is 0 Å². The lowest BCUT2D eigenvalue weighted by atomic mass is 10.0. The molecule has 1 unspecified atom stereocenters. The Morgan fingerprint density at radius 2 is 2.43 bits per heavy atom. The van der Waals surface area contributed by atoms with Gasteiger partial charge in [0.1, 0.15) is 6.07 Å². The molecular formula is C16H18ClN3O. The Labute approximate surface area is 130 Å². The first-order valence-electron chi connectivity index (χ1n) is 6.84. The molecule has 0 aliphatic carbocycles. The fourth-order valence-electron chi connectivity index (χ4n) is 2.50. The van der Waals surface area contributed by atoms with Crippen LogP contribution in [0.5, 0.6) is 0 Å². The normalized spacial score (nSPS) is 18.7. The molecule has 0 aromatic heterocycles. The maximum atomic E-state index is 9.21. The van der Waals surface area contributed by atoms with Crippen molar-refractivity contribution in [3.05, 3.63) is 29.3 Å². The molecule has 4 nitrogen and oxygen atoms in total. The lowest BCUT2D eigenvalue weighted by Gasteiger charge is -2.35. The summed E-state index contributed by atoms with van der Waals surface area (Å²) in [5.41, 5.74) is 3.11. The van der Waals surface area contributed by atoms with E-state index in [9.17, 15) is 5.26 Å². The third kappa shape index (κ3) is 3.26. The lowest BCUT2D eigenvalue weighted by Crippen LogP contribution is -2.43. The maximum Gasteiger partial charge on any atom is 0.101 e. The fraction of sp³-hybridized carbons (Fsp3) is 0.375. The van der Waals surface area contributed by atoms with Crippen molar-refractivity contribution in [1.82, 2.24) is 0 Å². The summed E-state index contributed by atoms with van der Waals surface area (Å²) >= 11 is 5.90. The molecule has 1 saturated heterocycles. The summed E-state index contributed by atoms with van der Waals surface area (Å²) in [5, 5.41) is 9.21. The number of rotatable bonds is 4. The van der Waals surface area contributed by atoms with Crippen LogP contribution in [-0.2, 0) is 4.74 Å². The van der Waals surface area contributed by atoms with E-state index in [-0.39, 0.29) is 6.10 Å². The van der Waals surface area contributed by atoms with Gasteiger partial charge in [-0.25, -0.2) is 0 Å². The van der Waals surface area contributed by atoms with Crippen LogP contribution in [-0.4, -0.2) is 38.4 Å². The van der Waals surface area contributed by atoms with E-state index in [1.165, 1.54) is 0 Å². The second-order valence-corrected chi connectivity index (χ2v) is 5.07. The average Bonchev–Trinajstić information content (AvgIpc) is 2.54. The van der Waals surface area contributed by atoms with E-state index >= 15 is 0 Å². The van der Waals surface area contributed by atoms with Crippen molar-refractivity contribution in [2.45, 2.75) is 13.0 Å². The van der Waals surface area contributed by atoms with Crippen LogP contribution >= 0.6 is 11.6 Å². The molecule has 0 amide bonds. The second-order valence-electron chi connectivity index (χ2n) is 4.76. The molecule has 0 N–H and O–H groups in total. The van der Waals surface area contributed by atoms with Crippen LogP contribution < -0.4 is 4.90 Å². The van der Waals surface area contributed by atoms with Crippen LogP contribution in [0.4, 0.5) is 11.4 Å². The first kappa shape index (κ1) is 15.6. The number of hydrogen-bond donors (Lipinski definition) is 0. The number of nitrogens with zero attached hydrogens (tertiary/aromatic N) is 3. The minimum atomic E-state index is 0.0228. The number of hydrogen-bond acceptors (Lipinski definition) is 4. The first-order valence-corrected chi connectivity index (χ1v) is 7.37. The summed E-state index contributed by atoms with van der Waals surface area (Å²) < 4.78 is 5.60. The molecule has 0 radical (unpaired) electrons. The topological polar surface area (TPSA) is 48.6 Å². The predicted octanol–water partition coefficient (Wildman–Crippen LogP) is 3.37. The van der Waals surface area contributed by atoms with Crippen molar-refractivity contribution in [2.24, 2.45) is 4.99 Å². The van der Waals surface area contributed by atoms with Gasteiger partial charge in [0.15, 0.2) is 0 Å². The van der Waals surface area contributed by atoms with Gasteiger partial charge < -0.3 is 9.64 Å². The van der Waals surface area contributed by atoms with Crippen molar-refractivity contribution < 1.29 is 4.74 Å². The highest BCUT2D eigenvalue weighted by Gasteiger charge is 2.23. The SMILES string of the molecule is C=Nc1c(C#N)ccc(N2CCOC(CCl)C2)c1C=CC. The summed E-state index contributed by atoms with van der Waals surface area (Å²) in [7, 11) is 0. The predicted molar refractivity (Wildman–Crippen MR) is 87.7 cm³/mol. The van der Waals surface area contributed by atoms with E-state index < -0.39 is 0 Å². The van der Waals surface area contributed by atoms with Gasteiger partial charge in [-0.1, -0.05) is 12.2 Å². The van der Waals surface area contributed by atoms with Gasteiger partial charge in [-0.05, 0) is 25.8 Å². The van der Waals surface area contributed by atoms with Gasteiger partial charge in [0.05, 0.1) is 29.8 Å². The molecule has 1 heterocycles. The molecule has 1 atom stereocenters. The molecule has 2 rings (SSSR count). The molecule has 0 saturated carbocycles. The second kappa shape index (κ2) is 7.26. The monoisotopic (exact) mass is 303 g/mol. The number of ether oxygens (including phenoxy) is 1. The number of benzene rings is 1. The van der Waals surface area contributed by atoms with Crippen molar-refractivity contribution in [3.63, 3.8) is 0 Å². The van der Waals surface area contributed by atoms with Gasteiger partial charge >= 0.3 is 0 Å². The molecule has 5 heteroatoms. The molecule has 21 heavy (non-hydrogen) atoms. The minimum Gasteiger partial charge on any atom is -0.373 e. The molecule has 1 aromatic rings. The zero-order valence-corrected chi connectivity index (χ0v) is 12.8. The molecular weight excluding hydrogens is 286 g/mol. The molecule has 0 bridgehead atoms. The molecule has 1 aromatic carbocycles. The third-order valence-electron chi connectivity index (χ3n) is 3.46. The standard InChI is InChI=1S/C16H18ClN3O/c1-3-4-14-15(6-5-12(10-18)16(14)19-2)20-7-8-21-13(9-17)11-20/h3-6,13H,2,7-9,11H2,1H3. The zero-order valence-electron chi connectivity index (χ0n) is 12.1. The highest BCUT2D eigenvalue weighted by molar-refractivity contribution is 6.18. The largest absolute Gasteiger partial charge is 0.373 e. The highest BCUT2D eigenvalue weighted by atomic mass is 35.5. The molecule has 1 aliphatic heterocycles. The fourth-order valence-corrected chi connectivity index (χ4v) is 2.68. The van der Waals surface area contributed by atoms with Crippen molar-refractivity contribution in [2.75, 3.05) is 30.5 Å². The maximum absolute atomic E-state index is 9.21. The van der Waals surface area contributed by atoms with Gasteiger partial charge in [-0.2, -0.15) is 5.26 Å². The third-order valence-corrected chi connectivity index (χ3v) is 3.80. The number of aliphatic imine (C=N–C) groups is 1. The Hall–Kier alpha value is -1.83. The molecule has 1 aliphatic rings. The Morgan fingerprint density at radius 1 is 1.62 bits per heavy atom. The van der Waals surface area contributed by atoms with Crippen molar-refractivity contribution in [3.8, 4) is 6.07 Å². The van der Waals surface area contributed by atoms with E-state index in [1.807, 2.05) is 25.1 Å². The summed E-state index contributed by atoms with van der Waals surface area (Å²) in [6.07, 6.45) is 3.93. The van der Waals surface area contributed by atoms with Gasteiger partial charge in [-0.15, -0.1) is 11.6 Å². The van der Waals surface area contributed by atoms with Gasteiger partial charge in [-0.3, -0.25) is 4.99 Å². The van der Waals surface area contributed by atoms with E-state index in [1.54, 1.807) is 6.07 Å². The van der Waals surface area contributed by atoms with Crippen molar-refractivity contribution in [1.29, 1.82) is 5.26 Å².